The zero-order chi connectivity index (χ0) is 19.7. The van der Waals surface area contributed by atoms with Crippen LogP contribution in [0.3, 0.4) is 0 Å². The number of hydrogen-bond acceptors (Lipinski definition) is 7. The van der Waals surface area contributed by atoms with Gasteiger partial charge in [0.15, 0.2) is 0 Å². The van der Waals surface area contributed by atoms with Crippen molar-refractivity contribution in [1.82, 2.24) is 20.0 Å². The second-order valence-electron chi connectivity index (χ2n) is 6.93. The number of methoxy groups -OCH3 is 1. The van der Waals surface area contributed by atoms with Crippen LogP contribution in [0.2, 0.25) is 0 Å². The van der Waals surface area contributed by atoms with E-state index in [9.17, 15) is 4.79 Å². The fraction of sp³-hybridized carbons (Fsp3) is 0.400. The van der Waals surface area contributed by atoms with Crippen LogP contribution in [0.1, 0.15) is 17.0 Å². The number of anilines is 1. The predicted molar refractivity (Wildman–Crippen MR) is 105 cm³/mol. The number of nitrogens with zero attached hydrogens (tertiary/aromatic N) is 5. The van der Waals surface area contributed by atoms with E-state index in [2.05, 4.69) is 32.2 Å². The van der Waals surface area contributed by atoms with Gasteiger partial charge in [-0.05, 0) is 32.0 Å². The Labute approximate surface area is 163 Å². The Morgan fingerprint density at radius 2 is 1.96 bits per heavy atom. The Morgan fingerprint density at radius 1 is 1.18 bits per heavy atom. The Balaban J connectivity index is 1.44. The van der Waals surface area contributed by atoms with Crippen LogP contribution in [0, 0.1) is 13.8 Å². The molecule has 3 heterocycles. The third-order valence-corrected chi connectivity index (χ3v) is 5.28. The Kier molecular flexibility index (Phi) is 4.85. The highest BCUT2D eigenvalue weighted by molar-refractivity contribution is 5.86. The molecular weight excluding hydrogens is 358 g/mol. The number of aryl methyl sites for hydroxylation is 2. The molecular formula is C20H23N5O3. The van der Waals surface area contributed by atoms with E-state index in [0.29, 0.717) is 25.4 Å². The van der Waals surface area contributed by atoms with Crippen molar-refractivity contribution in [2.75, 3.05) is 38.2 Å². The molecule has 0 saturated carbocycles. The standard InChI is InChI=1S/C20H23N5O3/c1-13-16(14(2)28-23-13)11-19(26)25-8-6-24(7-9-25)15-4-5-18-17(10-15)20(27-3)22-12-21-18/h4-5,10,12H,6-9,11H2,1-3H3. The summed E-state index contributed by atoms with van der Waals surface area (Å²) < 4.78 is 10.5. The van der Waals surface area contributed by atoms with Gasteiger partial charge in [0.25, 0.3) is 0 Å². The fourth-order valence-electron chi connectivity index (χ4n) is 3.61. The summed E-state index contributed by atoms with van der Waals surface area (Å²) in [5.41, 5.74) is 3.62. The van der Waals surface area contributed by atoms with Crippen molar-refractivity contribution in [3.05, 3.63) is 41.5 Å². The van der Waals surface area contributed by atoms with Gasteiger partial charge in [-0.2, -0.15) is 0 Å². The van der Waals surface area contributed by atoms with Crippen molar-refractivity contribution in [3.63, 3.8) is 0 Å². The first kappa shape index (κ1) is 18.2. The summed E-state index contributed by atoms with van der Waals surface area (Å²) >= 11 is 0. The van der Waals surface area contributed by atoms with Crippen molar-refractivity contribution in [2.45, 2.75) is 20.3 Å². The number of carbonyl (C=O) groups excluding carboxylic acids is 1. The molecule has 1 aliphatic rings. The number of carbonyl (C=O) groups is 1. The second kappa shape index (κ2) is 7.46. The summed E-state index contributed by atoms with van der Waals surface area (Å²) in [7, 11) is 1.61. The molecule has 0 bridgehead atoms. The van der Waals surface area contributed by atoms with Crippen LogP contribution in [0.25, 0.3) is 10.9 Å². The number of piperazine rings is 1. The van der Waals surface area contributed by atoms with Gasteiger partial charge in [0.05, 0.1) is 30.1 Å². The fourth-order valence-corrected chi connectivity index (χ4v) is 3.61. The average molecular weight is 381 g/mol. The third-order valence-electron chi connectivity index (χ3n) is 5.28. The number of fused-ring (bicyclic) bond motifs is 1. The van der Waals surface area contributed by atoms with Gasteiger partial charge in [-0.3, -0.25) is 4.79 Å². The van der Waals surface area contributed by atoms with E-state index in [1.807, 2.05) is 24.8 Å². The van der Waals surface area contributed by atoms with Gasteiger partial charge in [0, 0.05) is 37.4 Å². The molecule has 0 spiro atoms. The van der Waals surface area contributed by atoms with Gasteiger partial charge >= 0.3 is 0 Å². The Hall–Kier alpha value is -3.16. The molecule has 8 nitrogen and oxygen atoms in total. The van der Waals surface area contributed by atoms with E-state index >= 15 is 0 Å². The van der Waals surface area contributed by atoms with E-state index < -0.39 is 0 Å². The van der Waals surface area contributed by atoms with Gasteiger partial charge in [0.1, 0.15) is 12.1 Å². The SMILES string of the molecule is COc1ncnc2ccc(N3CCN(C(=O)Cc4c(C)noc4C)CC3)cc12. The molecule has 1 amide bonds. The summed E-state index contributed by atoms with van der Waals surface area (Å²) in [5.74, 6) is 1.40. The van der Waals surface area contributed by atoms with E-state index in [-0.39, 0.29) is 5.91 Å². The summed E-state index contributed by atoms with van der Waals surface area (Å²) in [6.07, 6.45) is 1.84. The van der Waals surface area contributed by atoms with Crippen molar-refractivity contribution >= 4 is 22.5 Å². The molecule has 1 fully saturated rings. The molecule has 146 valence electrons. The maximum Gasteiger partial charge on any atom is 0.227 e. The molecule has 8 heteroatoms. The first-order valence-corrected chi connectivity index (χ1v) is 9.30. The highest BCUT2D eigenvalue weighted by Crippen LogP contribution is 2.27. The highest BCUT2D eigenvalue weighted by atomic mass is 16.5. The molecule has 1 aliphatic heterocycles. The van der Waals surface area contributed by atoms with Gasteiger partial charge in [-0.1, -0.05) is 5.16 Å². The second-order valence-corrected chi connectivity index (χ2v) is 6.93. The summed E-state index contributed by atoms with van der Waals surface area (Å²) in [6, 6.07) is 6.08. The minimum absolute atomic E-state index is 0.114. The largest absolute Gasteiger partial charge is 0.480 e. The van der Waals surface area contributed by atoms with E-state index in [4.69, 9.17) is 9.26 Å². The molecule has 28 heavy (non-hydrogen) atoms. The molecule has 2 aromatic heterocycles. The Morgan fingerprint density at radius 3 is 2.64 bits per heavy atom. The quantitative estimate of drug-likeness (QED) is 0.684. The molecule has 3 aromatic rings. The van der Waals surface area contributed by atoms with Crippen molar-refractivity contribution in [3.8, 4) is 5.88 Å². The lowest BCUT2D eigenvalue weighted by Crippen LogP contribution is -2.49. The highest BCUT2D eigenvalue weighted by Gasteiger charge is 2.23. The molecule has 0 N–H and O–H groups in total. The zero-order valence-corrected chi connectivity index (χ0v) is 16.3. The molecule has 0 aliphatic carbocycles. The molecule has 0 unspecified atom stereocenters. The van der Waals surface area contributed by atoms with E-state index in [1.165, 1.54) is 6.33 Å². The lowest BCUT2D eigenvalue weighted by atomic mass is 10.1. The summed E-state index contributed by atoms with van der Waals surface area (Å²) in [5, 5.41) is 4.82. The zero-order valence-electron chi connectivity index (χ0n) is 16.3. The summed E-state index contributed by atoms with van der Waals surface area (Å²) in [4.78, 5) is 25.3. The smallest absolute Gasteiger partial charge is 0.227 e. The average Bonchev–Trinajstić information content (AvgIpc) is 3.05. The number of ether oxygens (including phenoxy) is 1. The van der Waals surface area contributed by atoms with Crippen molar-refractivity contribution in [2.24, 2.45) is 0 Å². The molecule has 4 rings (SSSR count). The first-order valence-electron chi connectivity index (χ1n) is 9.30. The van der Waals surface area contributed by atoms with Crippen LogP contribution in [0.15, 0.2) is 29.0 Å². The van der Waals surface area contributed by atoms with Crippen LogP contribution < -0.4 is 9.64 Å². The predicted octanol–water partition coefficient (Wildman–Crippen LogP) is 2.13. The lowest BCUT2D eigenvalue weighted by Gasteiger charge is -2.36. The molecule has 0 atom stereocenters. The van der Waals surface area contributed by atoms with Gasteiger partial charge < -0.3 is 19.1 Å². The van der Waals surface area contributed by atoms with Crippen molar-refractivity contribution < 1.29 is 14.1 Å². The Bertz CT molecular complexity index is 989. The van der Waals surface area contributed by atoms with E-state index in [0.717, 1.165) is 46.7 Å². The third kappa shape index (κ3) is 3.37. The number of hydrogen-bond donors (Lipinski definition) is 0. The summed E-state index contributed by atoms with van der Waals surface area (Å²) in [6.45, 7) is 6.63. The first-order chi connectivity index (χ1) is 13.6. The number of benzene rings is 1. The molecule has 0 radical (unpaired) electrons. The van der Waals surface area contributed by atoms with E-state index in [1.54, 1.807) is 7.11 Å². The minimum atomic E-state index is 0.114. The van der Waals surface area contributed by atoms with Crippen LogP contribution in [0.5, 0.6) is 5.88 Å². The molecule has 1 aromatic carbocycles. The van der Waals surface area contributed by atoms with Crippen LogP contribution >= 0.6 is 0 Å². The van der Waals surface area contributed by atoms with Crippen LogP contribution in [-0.4, -0.2) is 59.2 Å². The van der Waals surface area contributed by atoms with Gasteiger partial charge in [0.2, 0.25) is 11.8 Å². The maximum absolute atomic E-state index is 12.7. The number of aromatic nitrogens is 3. The lowest BCUT2D eigenvalue weighted by molar-refractivity contribution is -0.130. The van der Waals surface area contributed by atoms with Crippen LogP contribution in [-0.2, 0) is 11.2 Å². The van der Waals surface area contributed by atoms with Gasteiger partial charge in [-0.25, -0.2) is 9.97 Å². The normalized spacial score (nSPS) is 14.5. The number of amides is 1. The van der Waals surface area contributed by atoms with Crippen LogP contribution in [0.4, 0.5) is 5.69 Å². The van der Waals surface area contributed by atoms with Crippen molar-refractivity contribution in [1.29, 1.82) is 0 Å². The molecule has 1 saturated heterocycles. The minimum Gasteiger partial charge on any atom is -0.480 e. The van der Waals surface area contributed by atoms with Gasteiger partial charge in [-0.15, -0.1) is 0 Å². The maximum atomic E-state index is 12.7. The topological polar surface area (TPSA) is 84.6 Å². The number of rotatable bonds is 4. The monoisotopic (exact) mass is 381 g/mol.